The Hall–Kier alpha value is -2.06. The molecule has 1 N–H and O–H groups in total. The first-order chi connectivity index (χ1) is 9.70. The average Bonchev–Trinajstić information content (AvgIpc) is 3.25. The Bertz CT molecular complexity index is 542. The number of hydrogen-bond donors (Lipinski definition) is 1. The topological polar surface area (TPSA) is 64.4 Å². The zero-order valence-corrected chi connectivity index (χ0v) is 11.5. The number of hydrogen-bond acceptors (Lipinski definition) is 4. The van der Waals surface area contributed by atoms with Crippen molar-refractivity contribution in [2.24, 2.45) is 0 Å². The second kappa shape index (κ2) is 6.92. The molecule has 1 saturated carbocycles. The molecule has 2 rings (SSSR count). The second-order valence-electron chi connectivity index (χ2n) is 4.74. The van der Waals surface area contributed by atoms with Gasteiger partial charge in [0.15, 0.2) is 5.75 Å². The fourth-order valence-corrected chi connectivity index (χ4v) is 1.82. The summed E-state index contributed by atoms with van der Waals surface area (Å²) in [5.74, 6) is 5.96. The van der Waals surface area contributed by atoms with Gasteiger partial charge in [-0.1, -0.05) is 6.07 Å². The highest BCUT2D eigenvalue weighted by Gasteiger charge is 2.21. The Balaban J connectivity index is 2.03. The van der Waals surface area contributed by atoms with Gasteiger partial charge in [0.05, 0.1) is 11.5 Å². The summed E-state index contributed by atoms with van der Waals surface area (Å²) >= 11 is 0. The summed E-state index contributed by atoms with van der Waals surface area (Å²) in [6.45, 7) is 2.83. The standard InChI is InChI=1S/C15H18N2O3/c1-2-3-4-9-20-15-10-12(11-16-13-6-7-13)5-8-14(15)17(18)19/h5,8,10,13,16H,4,6-7,9,11H2,1H3. The van der Waals surface area contributed by atoms with Crippen LogP contribution in [0.25, 0.3) is 0 Å². The van der Waals surface area contributed by atoms with Crippen molar-refractivity contribution in [1.29, 1.82) is 0 Å². The van der Waals surface area contributed by atoms with Crippen LogP contribution in [0.3, 0.4) is 0 Å². The van der Waals surface area contributed by atoms with E-state index < -0.39 is 4.92 Å². The maximum absolute atomic E-state index is 11.0. The van der Waals surface area contributed by atoms with E-state index in [0.717, 1.165) is 5.56 Å². The predicted octanol–water partition coefficient (Wildman–Crippen LogP) is 2.64. The maximum atomic E-state index is 11.0. The van der Waals surface area contributed by atoms with Crippen LogP contribution >= 0.6 is 0 Å². The molecule has 5 heteroatoms. The smallest absolute Gasteiger partial charge is 0.310 e. The molecule has 20 heavy (non-hydrogen) atoms. The van der Waals surface area contributed by atoms with Crippen molar-refractivity contribution in [2.45, 2.75) is 38.8 Å². The molecule has 106 valence electrons. The van der Waals surface area contributed by atoms with E-state index >= 15 is 0 Å². The number of nitro groups is 1. The van der Waals surface area contributed by atoms with Crippen molar-refractivity contribution in [3.05, 3.63) is 33.9 Å². The van der Waals surface area contributed by atoms with E-state index in [0.29, 0.717) is 31.4 Å². The Morgan fingerprint density at radius 2 is 2.30 bits per heavy atom. The zero-order valence-electron chi connectivity index (χ0n) is 11.5. The van der Waals surface area contributed by atoms with Crippen molar-refractivity contribution < 1.29 is 9.66 Å². The molecule has 0 atom stereocenters. The lowest BCUT2D eigenvalue weighted by molar-refractivity contribution is -0.385. The fraction of sp³-hybridized carbons (Fsp3) is 0.467. The van der Waals surface area contributed by atoms with Crippen LogP contribution in [-0.4, -0.2) is 17.6 Å². The van der Waals surface area contributed by atoms with E-state index in [1.807, 2.05) is 0 Å². The van der Waals surface area contributed by atoms with Crippen molar-refractivity contribution >= 4 is 5.69 Å². The van der Waals surface area contributed by atoms with Gasteiger partial charge in [0.2, 0.25) is 0 Å². The van der Waals surface area contributed by atoms with Crippen LogP contribution in [0.2, 0.25) is 0 Å². The van der Waals surface area contributed by atoms with Gasteiger partial charge in [0, 0.05) is 25.1 Å². The Kier molecular flexibility index (Phi) is 4.97. The summed E-state index contributed by atoms with van der Waals surface area (Å²) in [6.07, 6.45) is 3.00. The molecule has 0 bridgehead atoms. The summed E-state index contributed by atoms with van der Waals surface area (Å²) in [4.78, 5) is 10.6. The number of ether oxygens (including phenoxy) is 1. The van der Waals surface area contributed by atoms with Crippen molar-refractivity contribution in [3.63, 3.8) is 0 Å². The number of benzene rings is 1. The minimum atomic E-state index is -0.418. The van der Waals surface area contributed by atoms with E-state index in [9.17, 15) is 10.1 Å². The Morgan fingerprint density at radius 3 is 2.95 bits per heavy atom. The lowest BCUT2D eigenvalue weighted by Gasteiger charge is -2.08. The molecule has 0 radical (unpaired) electrons. The molecule has 1 aromatic carbocycles. The van der Waals surface area contributed by atoms with Crippen LogP contribution in [0, 0.1) is 22.0 Å². The normalized spacial score (nSPS) is 13.4. The molecule has 5 nitrogen and oxygen atoms in total. The Morgan fingerprint density at radius 1 is 1.50 bits per heavy atom. The van der Waals surface area contributed by atoms with Gasteiger partial charge >= 0.3 is 5.69 Å². The first-order valence-electron chi connectivity index (χ1n) is 6.74. The summed E-state index contributed by atoms with van der Waals surface area (Å²) in [5.41, 5.74) is 1.00. The molecular formula is C15H18N2O3. The lowest BCUT2D eigenvalue weighted by Crippen LogP contribution is -2.15. The molecule has 0 aromatic heterocycles. The summed E-state index contributed by atoms with van der Waals surface area (Å²) in [6, 6.07) is 5.62. The van der Waals surface area contributed by atoms with E-state index in [1.165, 1.54) is 18.9 Å². The van der Waals surface area contributed by atoms with Crippen molar-refractivity contribution in [3.8, 4) is 17.6 Å². The van der Waals surface area contributed by atoms with E-state index in [-0.39, 0.29) is 5.69 Å². The maximum Gasteiger partial charge on any atom is 0.310 e. The van der Waals surface area contributed by atoms with Crippen molar-refractivity contribution in [1.82, 2.24) is 5.32 Å². The van der Waals surface area contributed by atoms with Crippen LogP contribution in [0.1, 0.15) is 31.7 Å². The summed E-state index contributed by atoms with van der Waals surface area (Å²) in [5, 5.41) is 14.4. The van der Waals surface area contributed by atoms with Gasteiger partial charge in [-0.2, -0.15) is 0 Å². The zero-order chi connectivity index (χ0) is 14.4. The monoisotopic (exact) mass is 274 g/mol. The summed E-state index contributed by atoms with van der Waals surface area (Å²) < 4.78 is 5.49. The minimum Gasteiger partial charge on any atom is -0.486 e. The molecule has 0 heterocycles. The molecule has 1 aromatic rings. The number of rotatable bonds is 7. The van der Waals surface area contributed by atoms with Gasteiger partial charge in [0.25, 0.3) is 0 Å². The molecule has 0 unspecified atom stereocenters. The van der Waals surface area contributed by atoms with Crippen molar-refractivity contribution in [2.75, 3.05) is 6.61 Å². The quantitative estimate of drug-likeness (QED) is 0.359. The number of nitro benzene ring substituents is 1. The van der Waals surface area contributed by atoms with Gasteiger partial charge in [-0.15, -0.1) is 11.8 Å². The first kappa shape index (κ1) is 14.4. The molecule has 0 amide bonds. The highest BCUT2D eigenvalue weighted by Crippen LogP contribution is 2.28. The highest BCUT2D eigenvalue weighted by molar-refractivity contribution is 5.48. The van der Waals surface area contributed by atoms with E-state index in [4.69, 9.17) is 4.74 Å². The van der Waals surface area contributed by atoms with Gasteiger partial charge in [0.1, 0.15) is 0 Å². The minimum absolute atomic E-state index is 0.00429. The molecule has 1 fully saturated rings. The third-order valence-electron chi connectivity index (χ3n) is 3.05. The molecule has 1 aliphatic rings. The second-order valence-corrected chi connectivity index (χ2v) is 4.74. The largest absolute Gasteiger partial charge is 0.486 e. The lowest BCUT2D eigenvalue weighted by atomic mass is 10.2. The third-order valence-corrected chi connectivity index (χ3v) is 3.05. The van der Waals surface area contributed by atoms with Crippen LogP contribution in [0.15, 0.2) is 18.2 Å². The van der Waals surface area contributed by atoms with Gasteiger partial charge in [-0.3, -0.25) is 10.1 Å². The SMILES string of the molecule is CC#CCCOc1cc(CNC2CC2)ccc1[N+](=O)[O-]. The molecule has 1 aliphatic carbocycles. The number of nitrogens with zero attached hydrogens (tertiary/aromatic N) is 1. The van der Waals surface area contributed by atoms with Crippen LogP contribution in [0.5, 0.6) is 5.75 Å². The Labute approximate surface area is 118 Å². The van der Waals surface area contributed by atoms with E-state index in [1.54, 1.807) is 19.1 Å². The summed E-state index contributed by atoms with van der Waals surface area (Å²) in [7, 11) is 0. The van der Waals surface area contributed by atoms with Crippen LogP contribution in [0.4, 0.5) is 5.69 Å². The predicted molar refractivity (Wildman–Crippen MR) is 76.5 cm³/mol. The van der Waals surface area contributed by atoms with Gasteiger partial charge in [-0.25, -0.2) is 0 Å². The number of nitrogens with one attached hydrogen (secondary N) is 1. The molecule has 0 aliphatic heterocycles. The van der Waals surface area contributed by atoms with E-state index in [2.05, 4.69) is 17.2 Å². The first-order valence-corrected chi connectivity index (χ1v) is 6.74. The highest BCUT2D eigenvalue weighted by atomic mass is 16.6. The van der Waals surface area contributed by atoms with Crippen LogP contribution < -0.4 is 10.1 Å². The molecular weight excluding hydrogens is 256 g/mol. The van der Waals surface area contributed by atoms with Crippen LogP contribution in [-0.2, 0) is 6.54 Å². The molecule has 0 spiro atoms. The fourth-order valence-electron chi connectivity index (χ4n) is 1.82. The van der Waals surface area contributed by atoms with Gasteiger partial charge in [-0.05, 0) is 31.4 Å². The average molecular weight is 274 g/mol. The van der Waals surface area contributed by atoms with Gasteiger partial charge < -0.3 is 10.1 Å². The molecule has 0 saturated heterocycles. The third kappa shape index (κ3) is 4.25.